The lowest BCUT2D eigenvalue weighted by atomic mass is 9.92. The zero-order valence-corrected chi connectivity index (χ0v) is 6.77. The average molecular weight is 194 g/mol. The minimum atomic E-state index is -4.71. The van der Waals surface area contributed by atoms with Crippen LogP contribution in [0.15, 0.2) is 0 Å². The van der Waals surface area contributed by atoms with Crippen molar-refractivity contribution < 1.29 is 18.0 Å². The Morgan fingerprint density at radius 1 is 1.38 bits per heavy atom. The van der Waals surface area contributed by atoms with E-state index in [0.717, 1.165) is 11.4 Å². The third-order valence-corrected chi connectivity index (χ3v) is 2.64. The van der Waals surface area contributed by atoms with E-state index in [-0.39, 0.29) is 18.5 Å². The first-order valence-electron chi connectivity index (χ1n) is 4.08. The molecule has 6 heteroatoms. The van der Waals surface area contributed by atoms with Crippen LogP contribution in [0, 0.1) is 5.92 Å². The van der Waals surface area contributed by atoms with Crippen LogP contribution < -0.4 is 5.32 Å². The maximum Gasteiger partial charge on any atom is 0.471 e. The smallest absolute Gasteiger partial charge is 0.330 e. The first-order valence-corrected chi connectivity index (χ1v) is 4.08. The maximum atomic E-state index is 12.0. The van der Waals surface area contributed by atoms with E-state index in [1.54, 1.807) is 0 Å². The van der Waals surface area contributed by atoms with Crippen molar-refractivity contribution in [2.24, 2.45) is 5.92 Å². The summed E-state index contributed by atoms with van der Waals surface area (Å²) >= 11 is 0. The molecule has 2 aliphatic rings. The predicted molar refractivity (Wildman–Crippen MR) is 37.9 cm³/mol. The van der Waals surface area contributed by atoms with Crippen molar-refractivity contribution in [3.05, 3.63) is 0 Å². The van der Waals surface area contributed by atoms with Crippen molar-refractivity contribution >= 4 is 5.91 Å². The van der Waals surface area contributed by atoms with Crippen LogP contribution in [0.2, 0.25) is 0 Å². The number of likely N-dealkylation sites (tertiary alicyclic amines) is 1. The average Bonchev–Trinajstić information content (AvgIpc) is 2.30. The monoisotopic (exact) mass is 194 g/mol. The van der Waals surface area contributed by atoms with Crippen LogP contribution in [0.1, 0.15) is 0 Å². The minimum absolute atomic E-state index is 0.228. The molecule has 0 spiro atoms. The van der Waals surface area contributed by atoms with Gasteiger partial charge in [-0.3, -0.25) is 4.79 Å². The Morgan fingerprint density at radius 2 is 2.08 bits per heavy atom. The highest BCUT2D eigenvalue weighted by Crippen LogP contribution is 2.32. The Kier molecular flexibility index (Phi) is 1.76. The number of hydrogen-bond acceptors (Lipinski definition) is 2. The SMILES string of the molecule is O=C(N1CC2CNCC21)C(F)(F)F. The van der Waals surface area contributed by atoms with Crippen LogP contribution >= 0.6 is 0 Å². The van der Waals surface area contributed by atoms with Gasteiger partial charge in [0.2, 0.25) is 0 Å². The molecule has 2 fully saturated rings. The number of nitrogens with zero attached hydrogens (tertiary/aromatic N) is 1. The highest BCUT2D eigenvalue weighted by atomic mass is 19.4. The summed E-state index contributed by atoms with van der Waals surface area (Å²) in [7, 11) is 0. The van der Waals surface area contributed by atoms with Crippen LogP contribution in [-0.2, 0) is 4.79 Å². The number of carbonyl (C=O) groups is 1. The van der Waals surface area contributed by atoms with E-state index >= 15 is 0 Å². The van der Waals surface area contributed by atoms with Crippen molar-refractivity contribution in [2.75, 3.05) is 19.6 Å². The molecule has 2 unspecified atom stereocenters. The zero-order valence-electron chi connectivity index (χ0n) is 6.77. The molecule has 2 aliphatic heterocycles. The molecule has 0 radical (unpaired) electrons. The lowest BCUT2D eigenvalue weighted by molar-refractivity contribution is -0.195. The van der Waals surface area contributed by atoms with E-state index < -0.39 is 12.1 Å². The number of halogens is 3. The van der Waals surface area contributed by atoms with Gasteiger partial charge in [-0.25, -0.2) is 0 Å². The first kappa shape index (κ1) is 8.80. The number of hydrogen-bond donors (Lipinski definition) is 1. The predicted octanol–water partition coefficient (Wildman–Crippen LogP) is -0.0211. The molecule has 2 heterocycles. The number of carbonyl (C=O) groups excluding carboxylic acids is 1. The van der Waals surface area contributed by atoms with Crippen molar-refractivity contribution in [1.29, 1.82) is 0 Å². The van der Waals surface area contributed by atoms with Gasteiger partial charge in [0.25, 0.3) is 0 Å². The first-order chi connectivity index (χ1) is 6.00. The lowest BCUT2D eigenvalue weighted by Gasteiger charge is -2.43. The summed E-state index contributed by atoms with van der Waals surface area (Å²) in [5, 5.41) is 2.96. The number of amides is 1. The van der Waals surface area contributed by atoms with Gasteiger partial charge in [0.05, 0.1) is 6.04 Å². The molecule has 1 amide bonds. The Balaban J connectivity index is 2.00. The fourth-order valence-corrected chi connectivity index (χ4v) is 1.92. The fraction of sp³-hybridized carbons (Fsp3) is 0.857. The highest BCUT2D eigenvalue weighted by molar-refractivity contribution is 5.83. The van der Waals surface area contributed by atoms with Gasteiger partial charge in [-0.2, -0.15) is 13.2 Å². The fourth-order valence-electron chi connectivity index (χ4n) is 1.92. The van der Waals surface area contributed by atoms with Crippen molar-refractivity contribution in [3.63, 3.8) is 0 Å². The molecule has 2 saturated heterocycles. The molecule has 0 saturated carbocycles. The summed E-state index contributed by atoms with van der Waals surface area (Å²) in [6.45, 7) is 1.47. The van der Waals surface area contributed by atoms with E-state index in [0.29, 0.717) is 6.54 Å². The number of fused-ring (bicyclic) bond motifs is 1. The summed E-state index contributed by atoms with van der Waals surface area (Å²) < 4.78 is 35.9. The summed E-state index contributed by atoms with van der Waals surface area (Å²) in [5.74, 6) is -1.47. The van der Waals surface area contributed by atoms with E-state index in [1.165, 1.54) is 0 Å². The third-order valence-electron chi connectivity index (χ3n) is 2.64. The standard InChI is InChI=1S/C7H9F3N2O/c8-7(9,10)6(13)12-3-4-1-11-2-5(4)12/h4-5,11H,1-3H2. The minimum Gasteiger partial charge on any atom is -0.330 e. The van der Waals surface area contributed by atoms with E-state index in [2.05, 4.69) is 5.32 Å². The summed E-state index contributed by atoms with van der Waals surface area (Å²) in [4.78, 5) is 11.7. The van der Waals surface area contributed by atoms with Crippen molar-refractivity contribution in [3.8, 4) is 0 Å². The highest BCUT2D eigenvalue weighted by Gasteiger charge is 2.52. The Morgan fingerprint density at radius 3 is 2.62 bits per heavy atom. The van der Waals surface area contributed by atoms with Gasteiger partial charge in [0.1, 0.15) is 0 Å². The van der Waals surface area contributed by atoms with E-state index in [9.17, 15) is 18.0 Å². The summed E-state index contributed by atoms with van der Waals surface area (Å²) in [5.41, 5.74) is 0. The van der Waals surface area contributed by atoms with Crippen LogP contribution in [0.25, 0.3) is 0 Å². The normalized spacial score (nSPS) is 32.7. The second-order valence-electron chi connectivity index (χ2n) is 3.44. The third kappa shape index (κ3) is 1.29. The molecular formula is C7H9F3N2O. The second kappa shape index (κ2) is 2.60. The topological polar surface area (TPSA) is 32.3 Å². The number of nitrogens with one attached hydrogen (secondary N) is 1. The Labute approximate surface area is 72.9 Å². The maximum absolute atomic E-state index is 12.0. The molecule has 0 aromatic carbocycles. The van der Waals surface area contributed by atoms with Gasteiger partial charge >= 0.3 is 12.1 Å². The second-order valence-corrected chi connectivity index (χ2v) is 3.44. The van der Waals surface area contributed by atoms with Gasteiger partial charge in [-0.05, 0) is 0 Å². The van der Waals surface area contributed by atoms with E-state index in [1.807, 2.05) is 0 Å². The summed E-state index contributed by atoms with van der Waals surface area (Å²) in [6.07, 6.45) is -4.71. The molecule has 2 rings (SSSR count). The molecule has 13 heavy (non-hydrogen) atoms. The van der Waals surface area contributed by atoms with Gasteiger partial charge in [-0.15, -0.1) is 0 Å². The molecule has 0 aliphatic carbocycles. The zero-order chi connectivity index (χ0) is 9.64. The molecule has 2 atom stereocenters. The van der Waals surface area contributed by atoms with E-state index in [4.69, 9.17) is 0 Å². The van der Waals surface area contributed by atoms with Gasteiger partial charge < -0.3 is 10.2 Å². The molecule has 3 nitrogen and oxygen atoms in total. The number of rotatable bonds is 0. The molecule has 0 aromatic rings. The van der Waals surface area contributed by atoms with Crippen LogP contribution in [0.4, 0.5) is 13.2 Å². The van der Waals surface area contributed by atoms with Gasteiger partial charge in [0, 0.05) is 25.6 Å². The Hall–Kier alpha value is -0.780. The quantitative estimate of drug-likeness (QED) is 0.587. The molecular weight excluding hydrogens is 185 g/mol. The lowest BCUT2D eigenvalue weighted by Crippen LogP contribution is -2.61. The van der Waals surface area contributed by atoms with Crippen molar-refractivity contribution in [1.82, 2.24) is 10.2 Å². The van der Waals surface area contributed by atoms with Crippen molar-refractivity contribution in [2.45, 2.75) is 12.2 Å². The number of alkyl halides is 3. The van der Waals surface area contributed by atoms with Gasteiger partial charge in [0.15, 0.2) is 0 Å². The van der Waals surface area contributed by atoms with Crippen LogP contribution in [0.5, 0.6) is 0 Å². The molecule has 0 bridgehead atoms. The van der Waals surface area contributed by atoms with Crippen LogP contribution in [0.3, 0.4) is 0 Å². The molecule has 74 valence electrons. The largest absolute Gasteiger partial charge is 0.471 e. The van der Waals surface area contributed by atoms with Gasteiger partial charge in [-0.1, -0.05) is 0 Å². The molecule has 0 aromatic heterocycles. The summed E-state index contributed by atoms with van der Waals surface area (Å²) in [6, 6.07) is -0.228. The molecule has 1 N–H and O–H groups in total. The van der Waals surface area contributed by atoms with Crippen LogP contribution in [-0.4, -0.2) is 42.7 Å². The Bertz CT molecular complexity index is 240.